The lowest BCUT2D eigenvalue weighted by atomic mass is 10.1. The van der Waals surface area contributed by atoms with Crippen molar-refractivity contribution >= 4 is 17.8 Å². The molecule has 1 atom stereocenters. The van der Waals surface area contributed by atoms with Gasteiger partial charge in [0.1, 0.15) is 5.97 Å². The zero-order chi connectivity index (χ0) is 65.8. The van der Waals surface area contributed by atoms with Crippen molar-refractivity contribution < 1.29 is 157 Å². The Labute approximate surface area is 528 Å². The standard InChI is InChI=1S/C54H108N2O27.C2HF3O2/c1-60-6-7-62-10-11-64-14-15-66-18-19-68-22-23-70-26-27-72-30-31-74-34-35-76-38-39-78-42-43-80-46-47-82-50-51-83-49-48-81-45-44-79-41-40-77-37-36-75-33-32-73-29-28-71-25-24-69-21-20-67-17-16-65-13-12-63-9-8-61-5-4-56-54(59)52(55)2-3-53(57)58;3-2(4,5)1(6)7/h52H,2-51,55H2,1H3,(H,56,59)(H,57,58);(H,6,7). The monoisotopic (exact) mass is 1330 g/mol. The summed E-state index contributed by atoms with van der Waals surface area (Å²) >= 11 is 0. The fourth-order valence-electron chi connectivity index (χ4n) is 5.90. The van der Waals surface area contributed by atoms with Crippen LogP contribution in [0.2, 0.25) is 0 Å². The van der Waals surface area contributed by atoms with Crippen molar-refractivity contribution in [1.29, 1.82) is 0 Å². The molecule has 538 valence electrons. The van der Waals surface area contributed by atoms with E-state index in [9.17, 15) is 22.8 Å². The summed E-state index contributed by atoms with van der Waals surface area (Å²) in [5, 5.41) is 20.1. The Hall–Kier alpha value is -2.80. The second-order valence-electron chi connectivity index (χ2n) is 17.8. The molecular formula is C56H109F3N2O29. The number of nitrogens with one attached hydrogen (secondary N) is 1. The fraction of sp³-hybridized carbons (Fsp3) is 0.946. The van der Waals surface area contributed by atoms with Gasteiger partial charge in [0.05, 0.1) is 317 Å². The molecule has 1 unspecified atom stereocenters. The lowest BCUT2D eigenvalue weighted by Gasteiger charge is -2.10. The number of carbonyl (C=O) groups is 3. The molecule has 0 aromatic carbocycles. The smallest absolute Gasteiger partial charge is 0.430 e. The number of carboxylic acid groups (broad SMARTS) is 2. The van der Waals surface area contributed by atoms with E-state index in [1.807, 2.05) is 0 Å². The van der Waals surface area contributed by atoms with Crippen LogP contribution in [0.4, 0.5) is 13.2 Å². The van der Waals surface area contributed by atoms with Crippen LogP contribution in [-0.2, 0) is 128 Å². The Balaban J connectivity index is 0. The van der Waals surface area contributed by atoms with Gasteiger partial charge >= 0.3 is 12.1 Å². The molecule has 0 aliphatic rings. The summed E-state index contributed by atoms with van der Waals surface area (Å²) in [7, 11) is 1.64. The van der Waals surface area contributed by atoms with Crippen molar-refractivity contribution in [2.24, 2.45) is 0 Å². The Kier molecular flexibility index (Phi) is 76.3. The number of quaternary nitrogens is 1. The Bertz CT molecular complexity index is 1450. The average molecular weight is 1330 g/mol. The maximum absolute atomic E-state index is 11.8. The zero-order valence-corrected chi connectivity index (χ0v) is 53.2. The molecular weight excluding hydrogens is 1220 g/mol. The summed E-state index contributed by atoms with van der Waals surface area (Å²) in [6.07, 6.45) is -5.09. The van der Waals surface area contributed by atoms with Crippen molar-refractivity contribution in [3.63, 3.8) is 0 Å². The quantitative estimate of drug-likeness (QED) is 0.0549. The van der Waals surface area contributed by atoms with Crippen molar-refractivity contribution in [3.05, 3.63) is 0 Å². The average Bonchev–Trinajstić information content (AvgIpc) is 3.66. The molecule has 0 fully saturated rings. The van der Waals surface area contributed by atoms with Gasteiger partial charge in [0.15, 0.2) is 6.04 Å². The molecule has 34 heteroatoms. The first-order chi connectivity index (χ1) is 44.0. The minimum Gasteiger partial charge on any atom is -0.542 e. The van der Waals surface area contributed by atoms with Gasteiger partial charge in [-0.2, -0.15) is 13.2 Å². The largest absolute Gasteiger partial charge is 0.542 e. The first-order valence-electron chi connectivity index (χ1n) is 30.4. The lowest BCUT2D eigenvalue weighted by Crippen LogP contribution is -2.67. The van der Waals surface area contributed by atoms with Crippen LogP contribution in [0.3, 0.4) is 0 Å². The molecule has 0 aliphatic carbocycles. The summed E-state index contributed by atoms with van der Waals surface area (Å²) in [5.74, 6) is -4.24. The van der Waals surface area contributed by atoms with Crippen molar-refractivity contribution in [3.8, 4) is 0 Å². The third-order valence-corrected chi connectivity index (χ3v) is 10.5. The normalized spacial score (nSPS) is 12.0. The third-order valence-electron chi connectivity index (χ3n) is 10.5. The van der Waals surface area contributed by atoms with Crippen LogP contribution >= 0.6 is 0 Å². The summed E-state index contributed by atoms with van der Waals surface area (Å²) in [5.41, 5.74) is 3.67. The molecule has 0 radical (unpaired) electrons. The van der Waals surface area contributed by atoms with Gasteiger partial charge in [-0.3, -0.25) is 9.59 Å². The first-order valence-corrected chi connectivity index (χ1v) is 30.4. The van der Waals surface area contributed by atoms with Gasteiger partial charge < -0.3 is 140 Å². The minimum absolute atomic E-state index is 0.0909. The number of carbonyl (C=O) groups excluding carboxylic acids is 2. The third kappa shape index (κ3) is 81.3. The van der Waals surface area contributed by atoms with Gasteiger partial charge in [0.25, 0.3) is 5.91 Å². The molecule has 0 saturated heterocycles. The molecule has 0 aromatic heterocycles. The SMILES string of the molecule is COCCOCCOCCOCCOCCOCCOCCOCCOCCOCCOCCOCCOCCOCCOCCOCCOCCOCCOCCOCCOCCOCCOCCOCCNC(=O)C([NH3+])CCC(=O)O.O=C([O-])C(F)(F)F. The van der Waals surface area contributed by atoms with Gasteiger partial charge in [-0.15, -0.1) is 0 Å². The predicted molar refractivity (Wildman–Crippen MR) is 308 cm³/mol. The summed E-state index contributed by atoms with van der Waals surface area (Å²) in [6.45, 7) is 22.8. The molecule has 0 aromatic rings. The highest BCUT2D eigenvalue weighted by molar-refractivity contribution is 5.80. The predicted octanol–water partition coefficient (Wildman–Crippen LogP) is -2.10. The number of halogens is 3. The summed E-state index contributed by atoms with van der Waals surface area (Å²) in [6, 6.07) is -0.600. The number of hydrogen-bond donors (Lipinski definition) is 3. The molecule has 31 nitrogen and oxygen atoms in total. The van der Waals surface area contributed by atoms with Crippen LogP contribution < -0.4 is 16.2 Å². The molecule has 1 amide bonds. The minimum atomic E-state index is -5.19. The van der Waals surface area contributed by atoms with Crippen LogP contribution in [0.25, 0.3) is 0 Å². The van der Waals surface area contributed by atoms with E-state index >= 15 is 0 Å². The summed E-state index contributed by atoms with van der Waals surface area (Å²) in [4.78, 5) is 31.2. The van der Waals surface area contributed by atoms with E-state index in [0.717, 1.165) is 0 Å². The maximum Gasteiger partial charge on any atom is 0.430 e. The number of ether oxygens (including phenoxy) is 24. The van der Waals surface area contributed by atoms with Gasteiger partial charge in [0, 0.05) is 20.1 Å². The van der Waals surface area contributed by atoms with Crippen molar-refractivity contribution in [1.82, 2.24) is 5.32 Å². The number of aliphatic carboxylic acids is 2. The highest BCUT2D eigenvalue weighted by Crippen LogP contribution is 2.11. The van der Waals surface area contributed by atoms with Crippen LogP contribution in [0.5, 0.6) is 0 Å². The molecule has 0 rings (SSSR count). The van der Waals surface area contributed by atoms with Crippen LogP contribution in [-0.4, -0.2) is 359 Å². The van der Waals surface area contributed by atoms with E-state index in [1.165, 1.54) is 0 Å². The number of methoxy groups -OCH3 is 1. The first kappa shape index (κ1) is 89.3. The highest BCUT2D eigenvalue weighted by Gasteiger charge is 2.29. The number of amides is 1. The van der Waals surface area contributed by atoms with E-state index in [-0.39, 0.29) is 18.7 Å². The lowest BCUT2D eigenvalue weighted by molar-refractivity contribution is -0.405. The Morgan fingerprint density at radius 2 is 0.478 bits per heavy atom. The van der Waals surface area contributed by atoms with Gasteiger partial charge in [-0.25, -0.2) is 0 Å². The van der Waals surface area contributed by atoms with Gasteiger partial charge in [0.2, 0.25) is 0 Å². The topological polar surface area (TPSA) is 356 Å². The van der Waals surface area contributed by atoms with E-state index < -0.39 is 24.2 Å². The molecule has 0 bridgehead atoms. The van der Waals surface area contributed by atoms with Gasteiger partial charge in [-0.05, 0) is 0 Å². The van der Waals surface area contributed by atoms with Crippen molar-refractivity contribution in [2.75, 3.05) is 324 Å². The fourth-order valence-corrected chi connectivity index (χ4v) is 5.90. The number of rotatable bonds is 76. The van der Waals surface area contributed by atoms with E-state index in [1.54, 1.807) is 7.11 Å². The molecule has 0 heterocycles. The Morgan fingerprint density at radius 3 is 0.611 bits per heavy atom. The Morgan fingerprint density at radius 1 is 0.333 bits per heavy atom. The molecule has 0 aliphatic heterocycles. The maximum atomic E-state index is 11.8. The number of hydrogen-bond acceptors (Lipinski definition) is 28. The van der Waals surface area contributed by atoms with E-state index in [0.29, 0.717) is 317 Å². The van der Waals surface area contributed by atoms with E-state index in [4.69, 9.17) is 129 Å². The molecule has 0 saturated carbocycles. The summed E-state index contributed by atoms with van der Waals surface area (Å²) < 4.78 is 163. The highest BCUT2D eigenvalue weighted by atomic mass is 19.4. The number of alkyl halides is 3. The second kappa shape index (κ2) is 76.9. The molecule has 0 spiro atoms. The van der Waals surface area contributed by atoms with E-state index in [2.05, 4.69) is 11.1 Å². The van der Waals surface area contributed by atoms with Crippen LogP contribution in [0.15, 0.2) is 0 Å². The molecule has 5 N–H and O–H groups in total. The van der Waals surface area contributed by atoms with Gasteiger partial charge in [-0.1, -0.05) is 0 Å². The zero-order valence-electron chi connectivity index (χ0n) is 53.2. The second-order valence-corrected chi connectivity index (χ2v) is 17.8. The van der Waals surface area contributed by atoms with Crippen LogP contribution in [0, 0.1) is 0 Å². The van der Waals surface area contributed by atoms with Crippen molar-refractivity contribution in [2.45, 2.75) is 25.1 Å². The number of carboxylic acids is 2. The van der Waals surface area contributed by atoms with Crippen LogP contribution in [0.1, 0.15) is 12.8 Å². The molecule has 90 heavy (non-hydrogen) atoms.